The van der Waals surface area contributed by atoms with Gasteiger partial charge in [-0.05, 0) is 55.8 Å². The van der Waals surface area contributed by atoms with Gasteiger partial charge in [-0.25, -0.2) is 4.39 Å². The summed E-state index contributed by atoms with van der Waals surface area (Å²) in [6.45, 7) is 4.58. The van der Waals surface area contributed by atoms with Crippen LogP contribution < -0.4 is 10.1 Å². The number of alkyl halides is 1. The van der Waals surface area contributed by atoms with Gasteiger partial charge in [-0.2, -0.15) is 0 Å². The molecule has 0 saturated heterocycles. The van der Waals surface area contributed by atoms with E-state index in [4.69, 9.17) is 21.1 Å². The maximum Gasteiger partial charge on any atom is 0.146 e. The van der Waals surface area contributed by atoms with Gasteiger partial charge in [-0.1, -0.05) is 6.07 Å². The van der Waals surface area contributed by atoms with E-state index >= 15 is 0 Å². The number of halogens is 2. The summed E-state index contributed by atoms with van der Waals surface area (Å²) in [5.74, 6) is 0.434. The van der Waals surface area contributed by atoms with E-state index in [9.17, 15) is 4.39 Å². The predicted molar refractivity (Wildman–Crippen MR) is 92.3 cm³/mol. The Kier molecular flexibility index (Phi) is 5.85. The molecule has 0 unspecified atom stereocenters. The van der Waals surface area contributed by atoms with Crippen LogP contribution in [-0.4, -0.2) is 18.6 Å². The number of rotatable bonds is 7. The lowest BCUT2D eigenvalue weighted by Gasteiger charge is -2.16. The molecule has 0 fully saturated rings. The van der Waals surface area contributed by atoms with Gasteiger partial charge < -0.3 is 14.8 Å². The molecule has 23 heavy (non-hydrogen) atoms. The summed E-state index contributed by atoms with van der Waals surface area (Å²) in [4.78, 5) is -0.412. The summed E-state index contributed by atoms with van der Waals surface area (Å²) in [5.41, 5.74) is 2.06. The minimum atomic E-state index is -0.412. The van der Waals surface area contributed by atoms with Crippen LogP contribution >= 0.6 is 11.6 Å². The molecule has 0 bridgehead atoms. The highest BCUT2D eigenvalue weighted by atomic mass is 35.5. The smallest absolute Gasteiger partial charge is 0.146 e. The molecule has 0 saturated carbocycles. The first kappa shape index (κ1) is 17.6. The third kappa shape index (κ3) is 5.73. The summed E-state index contributed by atoms with van der Waals surface area (Å²) in [6.07, 6.45) is 0. The van der Waals surface area contributed by atoms with Gasteiger partial charge in [0, 0.05) is 5.69 Å². The van der Waals surface area contributed by atoms with Crippen molar-refractivity contribution in [3.8, 4) is 5.75 Å². The van der Waals surface area contributed by atoms with E-state index in [-0.39, 0.29) is 5.82 Å². The van der Waals surface area contributed by atoms with Crippen molar-refractivity contribution in [2.75, 3.05) is 19.0 Å². The monoisotopic (exact) mass is 337 g/mol. The van der Waals surface area contributed by atoms with E-state index < -0.39 is 4.87 Å². The molecule has 0 atom stereocenters. The summed E-state index contributed by atoms with van der Waals surface area (Å²) in [5, 5.41) is 3.06. The van der Waals surface area contributed by atoms with Crippen LogP contribution in [0.15, 0.2) is 42.5 Å². The zero-order chi connectivity index (χ0) is 16.9. The Labute approximate surface area is 141 Å². The van der Waals surface area contributed by atoms with Crippen LogP contribution in [0.5, 0.6) is 5.75 Å². The lowest BCUT2D eigenvalue weighted by Crippen LogP contribution is -2.18. The second kappa shape index (κ2) is 7.66. The van der Waals surface area contributed by atoms with Gasteiger partial charge in [-0.3, -0.25) is 0 Å². The SMILES string of the molecule is COc1ccc(Nc2cc(COCC(C)(C)Cl)ccc2F)cc1. The number of methoxy groups -OCH3 is 1. The van der Waals surface area contributed by atoms with Crippen molar-refractivity contribution in [1.29, 1.82) is 0 Å². The third-order valence-corrected chi connectivity index (χ3v) is 3.22. The van der Waals surface area contributed by atoms with Crippen LogP contribution in [0.2, 0.25) is 0 Å². The summed E-state index contributed by atoms with van der Waals surface area (Å²) >= 11 is 6.08. The van der Waals surface area contributed by atoms with Gasteiger partial charge in [0.25, 0.3) is 0 Å². The topological polar surface area (TPSA) is 30.5 Å². The Hall–Kier alpha value is -1.78. The summed E-state index contributed by atoms with van der Waals surface area (Å²) in [6, 6.07) is 12.2. The number of nitrogens with one attached hydrogen (secondary N) is 1. The second-order valence-electron chi connectivity index (χ2n) is 5.88. The molecule has 2 rings (SSSR count). The maximum atomic E-state index is 14.0. The molecule has 5 heteroatoms. The largest absolute Gasteiger partial charge is 0.497 e. The fourth-order valence-electron chi connectivity index (χ4n) is 2.00. The quantitative estimate of drug-likeness (QED) is 0.712. The predicted octanol–water partition coefficient (Wildman–Crippen LogP) is 5.11. The highest BCUT2D eigenvalue weighted by molar-refractivity contribution is 6.23. The first-order chi connectivity index (χ1) is 10.9. The highest BCUT2D eigenvalue weighted by Crippen LogP contribution is 2.24. The number of anilines is 2. The molecule has 0 spiro atoms. The molecule has 0 heterocycles. The lowest BCUT2D eigenvalue weighted by molar-refractivity contribution is 0.105. The van der Waals surface area contributed by atoms with Crippen molar-refractivity contribution in [3.05, 3.63) is 53.8 Å². The van der Waals surface area contributed by atoms with E-state index in [0.717, 1.165) is 17.0 Å². The highest BCUT2D eigenvalue weighted by Gasteiger charge is 2.13. The van der Waals surface area contributed by atoms with E-state index in [2.05, 4.69) is 5.32 Å². The van der Waals surface area contributed by atoms with Crippen LogP contribution in [0.1, 0.15) is 19.4 Å². The Bertz CT molecular complexity index is 638. The van der Waals surface area contributed by atoms with Gasteiger partial charge in [0.15, 0.2) is 0 Å². The Balaban J connectivity index is 2.04. The van der Waals surface area contributed by atoms with Crippen molar-refractivity contribution >= 4 is 23.0 Å². The normalized spacial score (nSPS) is 11.3. The molecular formula is C18H21ClFNO2. The number of hydrogen-bond acceptors (Lipinski definition) is 3. The minimum Gasteiger partial charge on any atom is -0.497 e. The number of hydrogen-bond donors (Lipinski definition) is 1. The molecule has 1 N–H and O–H groups in total. The molecule has 0 aliphatic heterocycles. The number of ether oxygens (including phenoxy) is 2. The maximum absolute atomic E-state index is 14.0. The molecule has 0 aliphatic carbocycles. The van der Waals surface area contributed by atoms with Crippen LogP contribution in [0.4, 0.5) is 15.8 Å². The molecule has 124 valence electrons. The van der Waals surface area contributed by atoms with E-state index in [1.165, 1.54) is 6.07 Å². The first-order valence-electron chi connectivity index (χ1n) is 7.33. The van der Waals surface area contributed by atoms with Gasteiger partial charge in [-0.15, -0.1) is 11.6 Å². The number of benzene rings is 2. The molecule has 0 amide bonds. The zero-order valence-corrected chi connectivity index (χ0v) is 14.3. The van der Waals surface area contributed by atoms with Crippen LogP contribution in [-0.2, 0) is 11.3 Å². The van der Waals surface area contributed by atoms with Crippen molar-refractivity contribution in [2.45, 2.75) is 25.3 Å². The van der Waals surface area contributed by atoms with Crippen molar-refractivity contribution < 1.29 is 13.9 Å². The standard InChI is InChI=1S/C18H21ClFNO2/c1-18(2,19)12-23-11-13-4-9-16(20)17(10-13)21-14-5-7-15(22-3)8-6-14/h4-10,21H,11-12H2,1-3H3. The van der Waals surface area contributed by atoms with Crippen LogP contribution in [0.25, 0.3) is 0 Å². The first-order valence-corrected chi connectivity index (χ1v) is 7.71. The molecule has 0 radical (unpaired) electrons. The van der Waals surface area contributed by atoms with E-state index in [1.807, 2.05) is 38.1 Å². The Morgan fingerprint density at radius 3 is 2.43 bits per heavy atom. The van der Waals surface area contributed by atoms with Gasteiger partial charge in [0.2, 0.25) is 0 Å². The minimum absolute atomic E-state index is 0.317. The van der Waals surface area contributed by atoms with Crippen molar-refractivity contribution in [2.24, 2.45) is 0 Å². The molecular weight excluding hydrogens is 317 g/mol. The van der Waals surface area contributed by atoms with Gasteiger partial charge in [0.05, 0.1) is 30.9 Å². The fraction of sp³-hybridized carbons (Fsp3) is 0.333. The van der Waals surface area contributed by atoms with E-state index in [1.54, 1.807) is 19.2 Å². The molecule has 0 aliphatic rings. The fourth-order valence-corrected chi connectivity index (χ4v) is 2.08. The van der Waals surface area contributed by atoms with Crippen molar-refractivity contribution in [1.82, 2.24) is 0 Å². The zero-order valence-electron chi connectivity index (χ0n) is 13.5. The summed E-state index contributed by atoms with van der Waals surface area (Å²) < 4.78 is 24.6. The van der Waals surface area contributed by atoms with E-state index in [0.29, 0.717) is 18.9 Å². The average molecular weight is 338 g/mol. The van der Waals surface area contributed by atoms with Gasteiger partial charge in [0.1, 0.15) is 11.6 Å². The third-order valence-electron chi connectivity index (χ3n) is 3.11. The van der Waals surface area contributed by atoms with Crippen LogP contribution in [0.3, 0.4) is 0 Å². The second-order valence-corrected chi connectivity index (χ2v) is 6.90. The van der Waals surface area contributed by atoms with Crippen molar-refractivity contribution in [3.63, 3.8) is 0 Å². The molecule has 0 aromatic heterocycles. The molecule has 3 nitrogen and oxygen atoms in total. The Morgan fingerprint density at radius 1 is 1.13 bits per heavy atom. The average Bonchev–Trinajstić information content (AvgIpc) is 2.50. The Morgan fingerprint density at radius 2 is 1.83 bits per heavy atom. The van der Waals surface area contributed by atoms with Gasteiger partial charge >= 0.3 is 0 Å². The molecule has 2 aromatic rings. The molecule has 2 aromatic carbocycles. The van der Waals surface area contributed by atoms with Crippen LogP contribution in [0, 0.1) is 5.82 Å². The lowest BCUT2D eigenvalue weighted by atomic mass is 10.2. The summed E-state index contributed by atoms with van der Waals surface area (Å²) in [7, 11) is 1.60.